The molecular formula is C15H13Cl2N3O4S. The van der Waals surface area contributed by atoms with Crippen molar-refractivity contribution in [2.24, 2.45) is 5.10 Å². The SMILES string of the molecule is C/C(=N\NS(=O)(=O)c1ccc(C)c([N+](=O)[O-])c1)c1ccc(Cl)c(Cl)c1. The van der Waals surface area contributed by atoms with Gasteiger partial charge in [-0.1, -0.05) is 35.3 Å². The van der Waals surface area contributed by atoms with E-state index in [9.17, 15) is 18.5 Å². The molecule has 0 atom stereocenters. The number of nitrogens with zero attached hydrogens (tertiary/aromatic N) is 2. The lowest BCUT2D eigenvalue weighted by Gasteiger charge is -2.07. The zero-order valence-electron chi connectivity index (χ0n) is 13.2. The van der Waals surface area contributed by atoms with E-state index in [1.54, 1.807) is 25.1 Å². The monoisotopic (exact) mass is 401 g/mol. The van der Waals surface area contributed by atoms with Crippen molar-refractivity contribution in [3.63, 3.8) is 0 Å². The van der Waals surface area contributed by atoms with Crippen LogP contribution in [0.2, 0.25) is 10.0 Å². The molecule has 0 spiro atoms. The van der Waals surface area contributed by atoms with Gasteiger partial charge in [-0.05, 0) is 37.6 Å². The summed E-state index contributed by atoms with van der Waals surface area (Å²) in [5.41, 5.74) is 1.00. The Bertz CT molecular complexity index is 975. The van der Waals surface area contributed by atoms with Crippen LogP contribution in [0.5, 0.6) is 0 Å². The highest BCUT2D eigenvalue weighted by molar-refractivity contribution is 7.89. The summed E-state index contributed by atoms with van der Waals surface area (Å²) in [5.74, 6) is 0. The van der Waals surface area contributed by atoms with Crippen molar-refractivity contribution in [1.29, 1.82) is 0 Å². The molecule has 0 heterocycles. The summed E-state index contributed by atoms with van der Waals surface area (Å²) in [6.07, 6.45) is 0. The number of hydrogen-bond donors (Lipinski definition) is 1. The van der Waals surface area contributed by atoms with Gasteiger partial charge in [0.25, 0.3) is 15.7 Å². The summed E-state index contributed by atoms with van der Waals surface area (Å²) in [6, 6.07) is 8.38. The summed E-state index contributed by atoms with van der Waals surface area (Å²) in [6.45, 7) is 3.11. The first-order valence-electron chi connectivity index (χ1n) is 6.88. The number of hydrogen-bond acceptors (Lipinski definition) is 5. The van der Waals surface area contributed by atoms with Gasteiger partial charge in [-0.15, -0.1) is 0 Å². The van der Waals surface area contributed by atoms with Crippen LogP contribution in [-0.2, 0) is 10.0 Å². The van der Waals surface area contributed by atoms with Crippen LogP contribution in [0, 0.1) is 17.0 Å². The number of hydrazone groups is 1. The number of benzene rings is 2. The third-order valence-electron chi connectivity index (χ3n) is 3.36. The van der Waals surface area contributed by atoms with Crippen molar-refractivity contribution < 1.29 is 13.3 Å². The molecule has 0 fully saturated rings. The molecule has 0 bridgehead atoms. The Hall–Kier alpha value is -2.16. The molecule has 0 aliphatic heterocycles. The molecule has 0 saturated carbocycles. The zero-order chi connectivity index (χ0) is 18.8. The Balaban J connectivity index is 2.30. The van der Waals surface area contributed by atoms with Gasteiger partial charge >= 0.3 is 0 Å². The minimum absolute atomic E-state index is 0.254. The molecule has 2 rings (SSSR count). The van der Waals surface area contributed by atoms with Crippen LogP contribution < -0.4 is 4.83 Å². The average Bonchev–Trinajstić information content (AvgIpc) is 2.55. The van der Waals surface area contributed by atoms with Crippen molar-refractivity contribution in [3.8, 4) is 0 Å². The number of halogens is 2. The van der Waals surface area contributed by atoms with Crippen molar-refractivity contribution in [2.45, 2.75) is 18.7 Å². The topological polar surface area (TPSA) is 102 Å². The largest absolute Gasteiger partial charge is 0.276 e. The van der Waals surface area contributed by atoms with Crippen LogP contribution in [0.4, 0.5) is 5.69 Å². The van der Waals surface area contributed by atoms with E-state index in [-0.39, 0.29) is 10.6 Å². The highest BCUT2D eigenvalue weighted by Gasteiger charge is 2.19. The Kier molecular flexibility index (Phi) is 5.66. The highest BCUT2D eigenvalue weighted by atomic mass is 35.5. The van der Waals surface area contributed by atoms with Crippen molar-refractivity contribution in [1.82, 2.24) is 4.83 Å². The molecule has 0 radical (unpaired) electrons. The fourth-order valence-electron chi connectivity index (χ4n) is 1.92. The standard InChI is InChI=1S/C15H13Cl2N3O4S/c1-9-3-5-12(8-15(9)20(21)22)25(23,24)19-18-10(2)11-4-6-13(16)14(17)7-11/h3-8,19H,1-2H3/b18-10+. The first-order valence-corrected chi connectivity index (χ1v) is 9.12. The number of rotatable bonds is 5. The van der Waals surface area contributed by atoms with E-state index < -0.39 is 14.9 Å². The van der Waals surface area contributed by atoms with Gasteiger partial charge < -0.3 is 0 Å². The summed E-state index contributed by atoms with van der Waals surface area (Å²) in [5, 5.41) is 15.4. The molecule has 0 amide bonds. The first-order chi connectivity index (χ1) is 11.6. The lowest BCUT2D eigenvalue weighted by molar-refractivity contribution is -0.385. The second-order valence-corrected chi connectivity index (χ2v) is 7.60. The van der Waals surface area contributed by atoms with Crippen LogP contribution in [0.1, 0.15) is 18.1 Å². The van der Waals surface area contributed by atoms with Crippen molar-refractivity contribution >= 4 is 44.6 Å². The number of aryl methyl sites for hydroxylation is 1. The van der Waals surface area contributed by atoms with Gasteiger partial charge in [0.2, 0.25) is 0 Å². The number of nitro benzene ring substituents is 1. The van der Waals surface area contributed by atoms with E-state index in [4.69, 9.17) is 23.2 Å². The molecule has 0 aliphatic carbocycles. The molecule has 10 heteroatoms. The van der Waals surface area contributed by atoms with Gasteiger partial charge in [-0.3, -0.25) is 10.1 Å². The maximum absolute atomic E-state index is 12.3. The Morgan fingerprint density at radius 3 is 2.44 bits per heavy atom. The molecule has 0 saturated heterocycles. The van der Waals surface area contributed by atoms with Crippen molar-refractivity contribution in [3.05, 3.63) is 67.7 Å². The minimum Gasteiger partial charge on any atom is -0.258 e. The number of nitro groups is 1. The van der Waals surface area contributed by atoms with Gasteiger partial charge in [-0.2, -0.15) is 18.4 Å². The molecule has 0 aliphatic rings. The normalized spacial score (nSPS) is 12.1. The van der Waals surface area contributed by atoms with Crippen LogP contribution in [-0.4, -0.2) is 19.1 Å². The predicted octanol–water partition coefficient (Wildman–Crippen LogP) is 3.91. The van der Waals surface area contributed by atoms with Crippen LogP contribution >= 0.6 is 23.2 Å². The Morgan fingerprint density at radius 2 is 1.84 bits per heavy atom. The van der Waals surface area contributed by atoms with Gasteiger partial charge in [-0.25, -0.2) is 0 Å². The summed E-state index contributed by atoms with van der Waals surface area (Å²) in [7, 11) is -4.06. The Labute approximate surface area is 154 Å². The van der Waals surface area contributed by atoms with Crippen LogP contribution in [0.3, 0.4) is 0 Å². The first kappa shape index (κ1) is 19.2. The molecule has 0 aromatic heterocycles. The fraction of sp³-hybridized carbons (Fsp3) is 0.133. The number of sulfonamides is 1. The predicted molar refractivity (Wildman–Crippen MR) is 96.8 cm³/mol. The van der Waals surface area contributed by atoms with Gasteiger partial charge in [0.15, 0.2) is 0 Å². The molecule has 1 N–H and O–H groups in total. The van der Waals surface area contributed by atoms with Gasteiger partial charge in [0.1, 0.15) is 0 Å². The van der Waals surface area contributed by atoms with Crippen LogP contribution in [0.25, 0.3) is 0 Å². The molecule has 25 heavy (non-hydrogen) atoms. The van der Waals surface area contributed by atoms with Crippen LogP contribution in [0.15, 0.2) is 46.4 Å². The number of nitrogens with one attached hydrogen (secondary N) is 1. The summed E-state index contributed by atoms with van der Waals surface area (Å²) in [4.78, 5) is 12.1. The zero-order valence-corrected chi connectivity index (χ0v) is 15.5. The fourth-order valence-corrected chi connectivity index (χ4v) is 3.09. The second-order valence-electron chi connectivity index (χ2n) is 5.13. The minimum atomic E-state index is -4.06. The molecule has 132 valence electrons. The quantitative estimate of drug-likeness (QED) is 0.465. The lowest BCUT2D eigenvalue weighted by atomic mass is 10.1. The van der Waals surface area contributed by atoms with E-state index in [0.29, 0.717) is 26.9 Å². The van der Waals surface area contributed by atoms with E-state index >= 15 is 0 Å². The van der Waals surface area contributed by atoms with Crippen molar-refractivity contribution in [2.75, 3.05) is 0 Å². The smallest absolute Gasteiger partial charge is 0.258 e. The summed E-state index contributed by atoms with van der Waals surface area (Å²) >= 11 is 11.7. The lowest BCUT2D eigenvalue weighted by Crippen LogP contribution is -2.20. The van der Waals surface area contributed by atoms with Gasteiger partial charge in [0, 0.05) is 11.6 Å². The third kappa shape index (κ3) is 4.47. The molecule has 2 aromatic carbocycles. The molecule has 0 unspecified atom stereocenters. The molecular weight excluding hydrogens is 389 g/mol. The highest BCUT2D eigenvalue weighted by Crippen LogP contribution is 2.24. The maximum atomic E-state index is 12.3. The maximum Gasteiger partial charge on any atom is 0.276 e. The second kappa shape index (κ2) is 7.38. The molecule has 7 nitrogen and oxygen atoms in total. The summed E-state index contributed by atoms with van der Waals surface area (Å²) < 4.78 is 24.6. The average molecular weight is 402 g/mol. The van der Waals surface area contributed by atoms with E-state index in [0.717, 1.165) is 6.07 Å². The van der Waals surface area contributed by atoms with Gasteiger partial charge in [0.05, 0.1) is 25.6 Å². The Morgan fingerprint density at radius 1 is 1.16 bits per heavy atom. The molecule has 2 aromatic rings. The third-order valence-corrected chi connectivity index (χ3v) is 5.30. The van der Waals surface area contributed by atoms with E-state index in [1.807, 2.05) is 0 Å². The van der Waals surface area contributed by atoms with E-state index in [2.05, 4.69) is 9.93 Å². The van der Waals surface area contributed by atoms with E-state index in [1.165, 1.54) is 19.1 Å².